The fourth-order valence-corrected chi connectivity index (χ4v) is 2.85. The average molecular weight is 381 g/mol. The van der Waals surface area contributed by atoms with Crippen molar-refractivity contribution in [2.24, 2.45) is 4.99 Å². The Labute approximate surface area is 164 Å². The van der Waals surface area contributed by atoms with Gasteiger partial charge in [-0.05, 0) is 36.2 Å². The van der Waals surface area contributed by atoms with E-state index in [1.165, 1.54) is 6.07 Å². The molecule has 0 unspecified atom stereocenters. The highest BCUT2D eigenvalue weighted by Gasteiger charge is 2.07. The summed E-state index contributed by atoms with van der Waals surface area (Å²) in [7, 11) is 3.36. The molecule has 28 heavy (non-hydrogen) atoms. The highest BCUT2D eigenvalue weighted by molar-refractivity contribution is 5.79. The molecule has 2 N–H and O–H groups in total. The summed E-state index contributed by atoms with van der Waals surface area (Å²) in [6.45, 7) is 3.04. The molecule has 3 aromatic rings. The number of rotatable bonds is 6. The van der Waals surface area contributed by atoms with Crippen molar-refractivity contribution in [3.63, 3.8) is 0 Å². The lowest BCUT2D eigenvalue weighted by Crippen LogP contribution is -2.36. The Hall–Kier alpha value is -3.35. The molecule has 1 heterocycles. The van der Waals surface area contributed by atoms with E-state index in [2.05, 4.69) is 20.6 Å². The van der Waals surface area contributed by atoms with Crippen LogP contribution in [0.5, 0.6) is 5.75 Å². The fourth-order valence-electron chi connectivity index (χ4n) is 2.85. The molecular weight excluding hydrogens is 357 g/mol. The van der Waals surface area contributed by atoms with Crippen molar-refractivity contribution in [1.82, 2.24) is 20.2 Å². The molecule has 6 nitrogen and oxygen atoms in total. The molecule has 3 rings (SSSR count). The molecule has 0 atom stereocenters. The quantitative estimate of drug-likeness (QED) is 0.508. The summed E-state index contributed by atoms with van der Waals surface area (Å²) in [5, 5.41) is 6.45. The number of benzene rings is 2. The van der Waals surface area contributed by atoms with Gasteiger partial charge in [0.2, 0.25) is 0 Å². The number of halogens is 1. The first-order chi connectivity index (χ1) is 13.6. The summed E-state index contributed by atoms with van der Waals surface area (Å²) in [5.41, 5.74) is 3.46. The topological polar surface area (TPSA) is 63.5 Å². The number of hydrogen-bond acceptors (Lipinski definition) is 3. The summed E-state index contributed by atoms with van der Waals surface area (Å²) < 4.78 is 21.4. The van der Waals surface area contributed by atoms with Crippen LogP contribution >= 0.6 is 0 Å². The second-order valence-corrected chi connectivity index (χ2v) is 6.35. The fraction of sp³-hybridized carbons (Fsp3) is 0.238. The third kappa shape index (κ3) is 4.68. The van der Waals surface area contributed by atoms with Crippen molar-refractivity contribution in [3.05, 3.63) is 77.6 Å². The van der Waals surface area contributed by atoms with Gasteiger partial charge in [-0.3, -0.25) is 4.99 Å². The predicted octanol–water partition coefficient (Wildman–Crippen LogP) is 3.19. The second-order valence-electron chi connectivity index (χ2n) is 6.35. The highest BCUT2D eigenvalue weighted by atomic mass is 19.1. The molecular formula is C21H24FN5O. The molecule has 0 spiro atoms. The van der Waals surface area contributed by atoms with Gasteiger partial charge < -0.3 is 19.9 Å². The van der Waals surface area contributed by atoms with Gasteiger partial charge in [-0.15, -0.1) is 0 Å². The van der Waals surface area contributed by atoms with E-state index in [-0.39, 0.29) is 5.82 Å². The standard InChI is InChI=1S/C21H24FN5O/c1-15-4-6-17(20(10-15)28-3)13-26-21(23-2)25-12-16-5-7-19(18(22)11-16)27-9-8-24-14-27/h4-11,14H,12-13H2,1-3H3,(H2,23,25,26). The zero-order valence-electron chi connectivity index (χ0n) is 16.2. The summed E-state index contributed by atoms with van der Waals surface area (Å²) in [6.07, 6.45) is 4.90. The minimum atomic E-state index is -0.301. The number of nitrogens with one attached hydrogen (secondary N) is 2. The predicted molar refractivity (Wildman–Crippen MR) is 108 cm³/mol. The molecule has 2 aromatic carbocycles. The van der Waals surface area contributed by atoms with Gasteiger partial charge in [0.25, 0.3) is 0 Å². The number of aromatic nitrogens is 2. The molecule has 0 fully saturated rings. The Balaban J connectivity index is 1.59. The summed E-state index contributed by atoms with van der Waals surface area (Å²) >= 11 is 0. The van der Waals surface area contributed by atoms with Crippen LogP contribution in [-0.2, 0) is 13.1 Å². The molecule has 0 bridgehead atoms. The van der Waals surface area contributed by atoms with E-state index in [9.17, 15) is 4.39 Å². The maximum atomic E-state index is 14.4. The van der Waals surface area contributed by atoms with E-state index >= 15 is 0 Å². The van der Waals surface area contributed by atoms with Crippen molar-refractivity contribution in [2.45, 2.75) is 20.0 Å². The molecule has 0 radical (unpaired) electrons. The molecule has 0 amide bonds. The zero-order valence-corrected chi connectivity index (χ0v) is 16.2. The van der Waals surface area contributed by atoms with Crippen LogP contribution in [0.2, 0.25) is 0 Å². The summed E-state index contributed by atoms with van der Waals surface area (Å²) in [4.78, 5) is 8.17. The molecule has 0 aliphatic carbocycles. The van der Waals surface area contributed by atoms with Gasteiger partial charge in [-0.25, -0.2) is 9.37 Å². The maximum absolute atomic E-state index is 14.4. The maximum Gasteiger partial charge on any atom is 0.191 e. The summed E-state index contributed by atoms with van der Waals surface area (Å²) in [6, 6.07) is 11.2. The Bertz CT molecular complexity index is 953. The van der Waals surface area contributed by atoms with Gasteiger partial charge in [-0.1, -0.05) is 18.2 Å². The van der Waals surface area contributed by atoms with Crippen molar-refractivity contribution in [2.75, 3.05) is 14.2 Å². The largest absolute Gasteiger partial charge is 0.496 e. The van der Waals surface area contributed by atoms with Crippen LogP contribution in [0.15, 0.2) is 60.1 Å². The molecule has 0 saturated carbocycles. The lowest BCUT2D eigenvalue weighted by Gasteiger charge is -2.14. The molecule has 0 saturated heterocycles. The number of nitrogens with zero attached hydrogens (tertiary/aromatic N) is 3. The van der Waals surface area contributed by atoms with Gasteiger partial charge in [0.05, 0.1) is 19.1 Å². The third-order valence-corrected chi connectivity index (χ3v) is 4.37. The van der Waals surface area contributed by atoms with Crippen LogP contribution in [0.3, 0.4) is 0 Å². The number of hydrogen-bond donors (Lipinski definition) is 2. The van der Waals surface area contributed by atoms with Crippen molar-refractivity contribution in [1.29, 1.82) is 0 Å². The average Bonchev–Trinajstić information content (AvgIpc) is 3.23. The Morgan fingerprint density at radius 3 is 2.68 bits per heavy atom. The van der Waals surface area contributed by atoms with E-state index in [0.29, 0.717) is 24.7 Å². The number of imidazole rings is 1. The summed E-state index contributed by atoms with van der Waals surface area (Å²) in [5.74, 6) is 1.16. The van der Waals surface area contributed by atoms with Gasteiger partial charge in [-0.2, -0.15) is 0 Å². The van der Waals surface area contributed by atoms with Crippen molar-refractivity contribution in [3.8, 4) is 11.4 Å². The molecule has 7 heteroatoms. The SMILES string of the molecule is CN=C(NCc1ccc(-n2ccnc2)c(F)c1)NCc1ccc(C)cc1OC. The van der Waals surface area contributed by atoms with Gasteiger partial charge in [0, 0.05) is 38.1 Å². The van der Waals surface area contributed by atoms with Gasteiger partial charge in [0.15, 0.2) is 5.96 Å². The van der Waals surface area contributed by atoms with Gasteiger partial charge >= 0.3 is 0 Å². The Morgan fingerprint density at radius 1 is 1.18 bits per heavy atom. The van der Waals surface area contributed by atoms with E-state index < -0.39 is 0 Å². The lowest BCUT2D eigenvalue weighted by molar-refractivity contribution is 0.408. The Kier molecular flexibility index (Phi) is 6.26. The van der Waals surface area contributed by atoms with Crippen LogP contribution in [-0.4, -0.2) is 29.7 Å². The normalized spacial score (nSPS) is 11.4. The smallest absolute Gasteiger partial charge is 0.191 e. The van der Waals surface area contributed by atoms with Gasteiger partial charge in [0.1, 0.15) is 11.6 Å². The number of aliphatic imine (C=N–C) groups is 1. The zero-order chi connectivity index (χ0) is 19.9. The minimum Gasteiger partial charge on any atom is -0.496 e. The number of ether oxygens (including phenoxy) is 1. The number of guanidine groups is 1. The van der Waals surface area contributed by atoms with Crippen LogP contribution in [0.1, 0.15) is 16.7 Å². The number of methoxy groups -OCH3 is 1. The molecule has 0 aliphatic rings. The van der Waals surface area contributed by atoms with Crippen LogP contribution < -0.4 is 15.4 Å². The monoisotopic (exact) mass is 381 g/mol. The first-order valence-electron chi connectivity index (χ1n) is 8.95. The van der Waals surface area contributed by atoms with Crippen LogP contribution in [0.4, 0.5) is 4.39 Å². The lowest BCUT2D eigenvalue weighted by atomic mass is 10.1. The first kappa shape index (κ1) is 19.4. The minimum absolute atomic E-state index is 0.301. The third-order valence-electron chi connectivity index (χ3n) is 4.37. The van der Waals surface area contributed by atoms with Crippen molar-refractivity contribution < 1.29 is 9.13 Å². The Morgan fingerprint density at radius 2 is 2.00 bits per heavy atom. The van der Waals surface area contributed by atoms with E-state index in [1.54, 1.807) is 43.5 Å². The molecule has 146 valence electrons. The van der Waals surface area contributed by atoms with Crippen LogP contribution in [0.25, 0.3) is 5.69 Å². The van der Waals surface area contributed by atoms with Crippen LogP contribution in [0, 0.1) is 12.7 Å². The molecule has 1 aromatic heterocycles. The highest BCUT2D eigenvalue weighted by Crippen LogP contribution is 2.19. The van der Waals surface area contributed by atoms with E-state index in [0.717, 1.165) is 22.4 Å². The van der Waals surface area contributed by atoms with E-state index in [1.807, 2.05) is 31.2 Å². The second kappa shape index (κ2) is 9.03. The van der Waals surface area contributed by atoms with Crippen molar-refractivity contribution >= 4 is 5.96 Å². The number of aryl methyl sites for hydroxylation is 1. The first-order valence-corrected chi connectivity index (χ1v) is 8.95. The molecule has 0 aliphatic heterocycles. The van der Waals surface area contributed by atoms with E-state index in [4.69, 9.17) is 4.74 Å².